The zero-order chi connectivity index (χ0) is 27.4. The fourth-order valence-electron chi connectivity index (χ4n) is 6.83. The molecule has 5 nitrogen and oxygen atoms in total. The number of benzene rings is 2. The topological polar surface area (TPSA) is 70.2 Å². The van der Waals surface area contributed by atoms with E-state index in [1.807, 2.05) is 18.2 Å². The lowest BCUT2D eigenvalue weighted by molar-refractivity contribution is -0.124. The minimum atomic E-state index is -1.23. The van der Waals surface area contributed by atoms with Gasteiger partial charge in [0.1, 0.15) is 11.2 Å². The summed E-state index contributed by atoms with van der Waals surface area (Å²) in [6.07, 6.45) is 4.61. The molecule has 3 aliphatic rings. The molecule has 5 rings (SSSR count). The molecule has 1 spiro atoms. The van der Waals surface area contributed by atoms with Crippen molar-refractivity contribution in [3.63, 3.8) is 0 Å². The van der Waals surface area contributed by atoms with Gasteiger partial charge in [-0.25, -0.2) is 4.39 Å². The first-order chi connectivity index (χ1) is 17.9. The first kappa shape index (κ1) is 27.4. The Balaban J connectivity index is 1.66. The molecule has 2 aromatic rings. The fourth-order valence-corrected chi connectivity index (χ4v) is 7.19. The molecule has 1 aliphatic carbocycles. The Morgan fingerprint density at radius 2 is 1.84 bits per heavy atom. The zero-order valence-corrected chi connectivity index (χ0v) is 23.8. The number of fused-ring (bicyclic) bond motifs is 2. The third kappa shape index (κ3) is 4.84. The Morgan fingerprint density at radius 3 is 2.50 bits per heavy atom. The normalized spacial score (nSPS) is 30.8. The van der Waals surface area contributed by atoms with Crippen molar-refractivity contribution < 1.29 is 14.0 Å². The number of carbonyl (C=O) groups excluding carboxylic acids is 2. The lowest BCUT2D eigenvalue weighted by Gasteiger charge is -2.37. The zero-order valence-electron chi connectivity index (χ0n) is 22.3. The van der Waals surface area contributed by atoms with E-state index in [1.54, 1.807) is 6.07 Å². The molecule has 4 atom stereocenters. The first-order valence-corrected chi connectivity index (χ1v) is 14.3. The number of halogens is 3. The average molecular weight is 561 g/mol. The highest BCUT2D eigenvalue weighted by atomic mass is 35.5. The molecule has 2 aromatic carbocycles. The number of amides is 2. The van der Waals surface area contributed by atoms with E-state index < -0.39 is 29.2 Å². The molecular formula is C30H36Cl2FN3O2. The number of rotatable bonds is 4. The molecule has 0 unspecified atom stereocenters. The molecule has 38 heavy (non-hydrogen) atoms. The van der Waals surface area contributed by atoms with E-state index in [1.165, 1.54) is 12.1 Å². The van der Waals surface area contributed by atoms with E-state index >= 15 is 4.39 Å². The molecule has 0 aromatic heterocycles. The summed E-state index contributed by atoms with van der Waals surface area (Å²) in [6, 6.07) is 9.11. The molecule has 0 bridgehead atoms. The largest absolute Gasteiger partial charge is 0.352 e. The second kappa shape index (κ2) is 10.1. The maximum atomic E-state index is 15.0. The van der Waals surface area contributed by atoms with Gasteiger partial charge in [0, 0.05) is 28.7 Å². The van der Waals surface area contributed by atoms with Gasteiger partial charge in [-0.1, -0.05) is 63.0 Å². The van der Waals surface area contributed by atoms with Crippen molar-refractivity contribution in [2.45, 2.75) is 89.3 Å². The molecule has 0 radical (unpaired) electrons. The maximum Gasteiger partial charge on any atom is 0.238 e. The smallest absolute Gasteiger partial charge is 0.238 e. The van der Waals surface area contributed by atoms with Gasteiger partial charge in [-0.2, -0.15) is 0 Å². The van der Waals surface area contributed by atoms with Crippen LogP contribution in [0.4, 0.5) is 10.1 Å². The van der Waals surface area contributed by atoms with Gasteiger partial charge in [0.2, 0.25) is 11.8 Å². The Labute approximate surface area is 234 Å². The predicted molar refractivity (Wildman–Crippen MR) is 150 cm³/mol. The highest BCUT2D eigenvalue weighted by molar-refractivity contribution is 6.31. The summed E-state index contributed by atoms with van der Waals surface area (Å²) in [5, 5.41) is 10.3. The summed E-state index contributed by atoms with van der Waals surface area (Å²) in [6.45, 7) is 8.55. The van der Waals surface area contributed by atoms with Crippen LogP contribution in [0.25, 0.3) is 0 Å². The molecule has 2 heterocycles. The van der Waals surface area contributed by atoms with E-state index in [9.17, 15) is 9.59 Å². The van der Waals surface area contributed by atoms with Crippen LogP contribution in [-0.2, 0) is 15.0 Å². The van der Waals surface area contributed by atoms with Crippen LogP contribution in [0.1, 0.15) is 76.8 Å². The summed E-state index contributed by atoms with van der Waals surface area (Å²) in [5.74, 6) is -0.946. The number of hydrogen-bond acceptors (Lipinski definition) is 3. The number of hydrogen-bond donors (Lipinski definition) is 3. The van der Waals surface area contributed by atoms with Crippen molar-refractivity contribution in [2.75, 3.05) is 5.32 Å². The van der Waals surface area contributed by atoms with Crippen LogP contribution in [0, 0.1) is 17.2 Å². The van der Waals surface area contributed by atoms with Crippen molar-refractivity contribution >= 4 is 40.7 Å². The van der Waals surface area contributed by atoms with Gasteiger partial charge >= 0.3 is 0 Å². The van der Waals surface area contributed by atoms with Crippen molar-refractivity contribution in [3.8, 4) is 0 Å². The van der Waals surface area contributed by atoms with Crippen LogP contribution < -0.4 is 16.0 Å². The Hall–Kier alpha value is -2.15. The van der Waals surface area contributed by atoms with Crippen LogP contribution in [0.15, 0.2) is 36.4 Å². The van der Waals surface area contributed by atoms with Crippen molar-refractivity contribution in [2.24, 2.45) is 11.3 Å². The quantitative estimate of drug-likeness (QED) is 0.396. The molecule has 3 N–H and O–H groups in total. The summed E-state index contributed by atoms with van der Waals surface area (Å²) < 4.78 is 15.0. The molecule has 1 saturated heterocycles. The molecule has 2 amide bonds. The molecule has 8 heteroatoms. The summed E-state index contributed by atoms with van der Waals surface area (Å²) >= 11 is 12.6. The summed E-state index contributed by atoms with van der Waals surface area (Å²) in [7, 11) is 0. The van der Waals surface area contributed by atoms with E-state index in [-0.39, 0.29) is 28.3 Å². The lowest BCUT2D eigenvalue weighted by Crippen LogP contribution is -2.49. The monoisotopic (exact) mass is 559 g/mol. The lowest BCUT2D eigenvalue weighted by atomic mass is 9.62. The SMILES string of the molecule is CC1CCC(NC(=O)[C@@H]2N[C@H](CC(C)(C)C)[C@]3(C(=O)Nc4cc(Cl)c(F)cc43)[C@H]2c2cccc(Cl)c2)CC1. The molecule has 2 fully saturated rings. The van der Waals surface area contributed by atoms with E-state index in [0.717, 1.165) is 31.2 Å². The van der Waals surface area contributed by atoms with Gasteiger partial charge in [-0.15, -0.1) is 0 Å². The fraction of sp³-hybridized carbons (Fsp3) is 0.533. The van der Waals surface area contributed by atoms with E-state index in [2.05, 4.69) is 43.6 Å². The van der Waals surface area contributed by atoms with Crippen LogP contribution in [0.5, 0.6) is 0 Å². The first-order valence-electron chi connectivity index (χ1n) is 13.5. The standard InChI is InChI=1S/C30H36Cl2FN3O2/c1-16-8-10-19(11-9-16)34-27(37)26-25(17-6-5-7-18(31)12-17)30(24(36-26)15-29(2,3)4)20-13-22(33)21(32)14-23(20)35-28(30)38/h5-7,12-14,16,19,24-26,36H,8-11,15H2,1-4H3,(H,34,37)(H,35,38)/t16?,19?,24-,25+,26-,30+/m1/s1. The van der Waals surface area contributed by atoms with Gasteiger partial charge in [0.25, 0.3) is 0 Å². The highest BCUT2D eigenvalue weighted by Gasteiger charge is 2.66. The predicted octanol–water partition coefficient (Wildman–Crippen LogP) is 6.58. The Bertz CT molecular complexity index is 1250. The second-order valence-electron chi connectivity index (χ2n) is 12.6. The molecular weight excluding hydrogens is 524 g/mol. The Morgan fingerprint density at radius 1 is 1.13 bits per heavy atom. The van der Waals surface area contributed by atoms with Gasteiger partial charge in [0.15, 0.2) is 0 Å². The summed E-state index contributed by atoms with van der Waals surface area (Å²) in [5.41, 5.74) is 0.358. The van der Waals surface area contributed by atoms with E-state index in [0.29, 0.717) is 28.6 Å². The Kier molecular flexibility index (Phi) is 7.29. The van der Waals surface area contributed by atoms with Gasteiger partial charge in [-0.05, 0) is 78.8 Å². The molecule has 204 valence electrons. The van der Waals surface area contributed by atoms with Crippen molar-refractivity contribution in [3.05, 3.63) is 63.4 Å². The third-order valence-electron chi connectivity index (χ3n) is 8.55. The van der Waals surface area contributed by atoms with Gasteiger partial charge < -0.3 is 16.0 Å². The number of carbonyl (C=O) groups is 2. The van der Waals surface area contributed by atoms with Gasteiger partial charge in [0.05, 0.1) is 11.1 Å². The van der Waals surface area contributed by atoms with Gasteiger partial charge in [-0.3, -0.25) is 9.59 Å². The summed E-state index contributed by atoms with van der Waals surface area (Å²) in [4.78, 5) is 28.2. The van der Waals surface area contributed by atoms with E-state index in [4.69, 9.17) is 23.2 Å². The molecule has 1 saturated carbocycles. The highest BCUT2D eigenvalue weighted by Crippen LogP contribution is 2.57. The molecule has 2 aliphatic heterocycles. The minimum absolute atomic E-state index is 0.0560. The maximum absolute atomic E-state index is 15.0. The minimum Gasteiger partial charge on any atom is -0.352 e. The average Bonchev–Trinajstić information content (AvgIpc) is 3.30. The van der Waals surface area contributed by atoms with Crippen LogP contribution >= 0.6 is 23.2 Å². The number of nitrogens with one attached hydrogen (secondary N) is 3. The van der Waals surface area contributed by atoms with Crippen LogP contribution in [-0.4, -0.2) is 29.9 Å². The second-order valence-corrected chi connectivity index (χ2v) is 13.4. The third-order valence-corrected chi connectivity index (χ3v) is 9.08. The van der Waals surface area contributed by atoms with Crippen LogP contribution in [0.2, 0.25) is 10.0 Å². The van der Waals surface area contributed by atoms with Crippen molar-refractivity contribution in [1.29, 1.82) is 0 Å². The van der Waals surface area contributed by atoms with Crippen molar-refractivity contribution in [1.82, 2.24) is 10.6 Å². The van der Waals surface area contributed by atoms with Crippen LogP contribution in [0.3, 0.4) is 0 Å². The number of anilines is 1.